The monoisotopic (exact) mass is 468 g/mol. The van der Waals surface area contributed by atoms with Crippen LogP contribution in [0.2, 0.25) is 5.02 Å². The lowest BCUT2D eigenvalue weighted by Gasteiger charge is -2.35. The molecule has 0 aromatic heterocycles. The van der Waals surface area contributed by atoms with Crippen molar-refractivity contribution in [2.24, 2.45) is 11.0 Å². The number of hydrazone groups is 1. The molecule has 0 radical (unpaired) electrons. The lowest BCUT2D eigenvalue weighted by atomic mass is 9.89. The van der Waals surface area contributed by atoms with E-state index in [1.54, 1.807) is 18.2 Å². The number of carbonyl (C=O) groups is 2. The number of carbonyl (C=O) groups excluding carboxylic acids is 2. The molecule has 4 rings (SSSR count). The number of benzene rings is 2. The molecule has 1 atom stereocenters. The number of nitrogens with zero attached hydrogens (tertiary/aromatic N) is 2. The zero-order valence-electron chi connectivity index (χ0n) is 18.8. The quantitative estimate of drug-likeness (QED) is 0.522. The van der Waals surface area contributed by atoms with Crippen LogP contribution in [0.3, 0.4) is 0 Å². The molecule has 8 nitrogen and oxygen atoms in total. The molecule has 2 aromatic carbocycles. The molecule has 9 heteroatoms. The van der Waals surface area contributed by atoms with E-state index in [-0.39, 0.29) is 17.7 Å². The normalized spacial score (nSPS) is 17.2. The van der Waals surface area contributed by atoms with Crippen LogP contribution in [-0.4, -0.2) is 41.7 Å². The van der Waals surface area contributed by atoms with Gasteiger partial charge in [-0.05, 0) is 54.5 Å². The smallest absolute Gasteiger partial charge is 0.251 e. The van der Waals surface area contributed by atoms with Crippen LogP contribution in [0.5, 0.6) is 0 Å². The Morgan fingerprint density at radius 3 is 2.48 bits per heavy atom. The molecule has 174 valence electrons. The van der Waals surface area contributed by atoms with Crippen molar-refractivity contribution in [2.75, 3.05) is 13.1 Å². The molecule has 1 saturated heterocycles. The summed E-state index contributed by atoms with van der Waals surface area (Å²) < 4.78 is 0. The Kier molecular flexibility index (Phi) is 7.15. The second-order valence-corrected chi connectivity index (χ2v) is 9.19. The molecule has 2 heterocycles. The Morgan fingerprint density at radius 2 is 1.85 bits per heavy atom. The summed E-state index contributed by atoms with van der Waals surface area (Å²) in [7, 11) is 0. The van der Waals surface area contributed by atoms with E-state index in [0.717, 1.165) is 23.4 Å². The van der Waals surface area contributed by atoms with Gasteiger partial charge in [-0.1, -0.05) is 49.7 Å². The van der Waals surface area contributed by atoms with E-state index >= 15 is 0 Å². The number of piperidine rings is 1. The number of amidine groups is 1. The van der Waals surface area contributed by atoms with E-state index < -0.39 is 6.04 Å². The predicted molar refractivity (Wildman–Crippen MR) is 128 cm³/mol. The van der Waals surface area contributed by atoms with Crippen molar-refractivity contribution in [1.29, 1.82) is 0 Å². The average Bonchev–Trinajstić information content (AvgIpc) is 3.38. The van der Waals surface area contributed by atoms with Crippen LogP contribution in [0, 0.1) is 5.92 Å². The van der Waals surface area contributed by atoms with Gasteiger partial charge in [0, 0.05) is 29.2 Å². The Bertz CT molecular complexity index is 1030. The van der Waals surface area contributed by atoms with Crippen LogP contribution in [0.25, 0.3) is 0 Å². The van der Waals surface area contributed by atoms with Crippen LogP contribution >= 0.6 is 11.6 Å². The van der Waals surface area contributed by atoms with Crippen molar-refractivity contribution in [3.8, 4) is 0 Å². The SMILES string of the molecule is CC(C)[C@@H](NC(=O)c1cccc(C2=NNNN2)c1)C(=O)N1CCC(c2ccc(Cl)cc2)CC1. The maximum absolute atomic E-state index is 13.3. The summed E-state index contributed by atoms with van der Waals surface area (Å²) in [6.45, 7) is 5.25. The van der Waals surface area contributed by atoms with Gasteiger partial charge in [-0.25, -0.2) is 5.53 Å². The third kappa shape index (κ3) is 5.46. The zero-order valence-corrected chi connectivity index (χ0v) is 19.5. The molecule has 1 fully saturated rings. The number of halogens is 1. The largest absolute Gasteiger partial charge is 0.341 e. The second-order valence-electron chi connectivity index (χ2n) is 8.75. The van der Waals surface area contributed by atoms with Crippen LogP contribution in [0.4, 0.5) is 0 Å². The summed E-state index contributed by atoms with van der Waals surface area (Å²) in [5.74, 6) is 0.661. The van der Waals surface area contributed by atoms with Crippen LogP contribution in [0.15, 0.2) is 53.6 Å². The molecule has 2 aromatic rings. The summed E-state index contributed by atoms with van der Waals surface area (Å²) in [5, 5.41) is 7.75. The molecule has 2 aliphatic heterocycles. The van der Waals surface area contributed by atoms with E-state index in [1.165, 1.54) is 5.56 Å². The summed E-state index contributed by atoms with van der Waals surface area (Å²) >= 11 is 6.01. The highest BCUT2D eigenvalue weighted by Crippen LogP contribution is 2.29. The first-order valence-electron chi connectivity index (χ1n) is 11.2. The number of amides is 2. The Labute approximate surface area is 198 Å². The van der Waals surface area contributed by atoms with Crippen LogP contribution < -0.4 is 21.8 Å². The average molecular weight is 469 g/mol. The highest BCUT2D eigenvalue weighted by molar-refractivity contribution is 6.30. The van der Waals surface area contributed by atoms with Crippen molar-refractivity contribution in [3.63, 3.8) is 0 Å². The number of hydrogen-bond donors (Lipinski definition) is 4. The van der Waals surface area contributed by atoms with E-state index in [1.807, 2.05) is 36.9 Å². The summed E-state index contributed by atoms with van der Waals surface area (Å²) in [5.41, 5.74) is 10.6. The predicted octanol–water partition coefficient (Wildman–Crippen LogP) is 2.77. The molecule has 2 aliphatic rings. The van der Waals surface area contributed by atoms with Gasteiger partial charge in [0.05, 0.1) is 0 Å². The summed E-state index contributed by atoms with van der Waals surface area (Å²) in [6, 6.07) is 14.5. The van der Waals surface area contributed by atoms with Crippen molar-refractivity contribution in [3.05, 3.63) is 70.2 Å². The van der Waals surface area contributed by atoms with Gasteiger partial charge in [0.1, 0.15) is 6.04 Å². The second kappa shape index (κ2) is 10.2. The highest BCUT2D eigenvalue weighted by Gasteiger charge is 2.32. The van der Waals surface area contributed by atoms with Crippen LogP contribution in [-0.2, 0) is 4.79 Å². The number of nitrogens with one attached hydrogen (secondary N) is 4. The fourth-order valence-corrected chi connectivity index (χ4v) is 4.37. The molecule has 0 aliphatic carbocycles. The molecular formula is C24H29ClN6O2. The Balaban J connectivity index is 1.39. The fraction of sp³-hybridized carbons (Fsp3) is 0.375. The minimum atomic E-state index is -0.585. The van der Waals surface area contributed by atoms with Crippen LogP contribution in [0.1, 0.15) is 54.1 Å². The van der Waals surface area contributed by atoms with Gasteiger partial charge in [0.15, 0.2) is 5.84 Å². The van der Waals surface area contributed by atoms with Gasteiger partial charge in [-0.3, -0.25) is 15.0 Å². The third-order valence-electron chi connectivity index (χ3n) is 6.17. The molecule has 0 spiro atoms. The van der Waals surface area contributed by atoms with Crippen molar-refractivity contribution in [1.82, 2.24) is 26.7 Å². The number of hydrazine groups is 2. The molecule has 0 unspecified atom stereocenters. The molecular weight excluding hydrogens is 440 g/mol. The Morgan fingerprint density at radius 1 is 1.12 bits per heavy atom. The molecule has 0 bridgehead atoms. The van der Waals surface area contributed by atoms with E-state index in [4.69, 9.17) is 11.6 Å². The lowest BCUT2D eigenvalue weighted by Crippen LogP contribution is -2.52. The number of hydrogen-bond acceptors (Lipinski definition) is 6. The van der Waals surface area contributed by atoms with E-state index in [2.05, 4.69) is 39.0 Å². The minimum Gasteiger partial charge on any atom is -0.341 e. The topological polar surface area (TPSA) is 97.9 Å². The number of likely N-dealkylation sites (tertiary alicyclic amines) is 1. The first-order valence-corrected chi connectivity index (χ1v) is 11.6. The minimum absolute atomic E-state index is 0.0284. The third-order valence-corrected chi connectivity index (χ3v) is 6.42. The Hall–Kier alpha value is -3.10. The molecule has 2 amide bonds. The fourth-order valence-electron chi connectivity index (χ4n) is 4.25. The summed E-state index contributed by atoms with van der Waals surface area (Å²) in [4.78, 5) is 28.2. The van der Waals surface area contributed by atoms with Crippen molar-refractivity contribution in [2.45, 2.75) is 38.6 Å². The highest BCUT2D eigenvalue weighted by atomic mass is 35.5. The van der Waals surface area contributed by atoms with E-state index in [0.29, 0.717) is 30.4 Å². The van der Waals surface area contributed by atoms with E-state index in [9.17, 15) is 9.59 Å². The van der Waals surface area contributed by atoms with Gasteiger partial charge in [-0.2, -0.15) is 0 Å². The maximum atomic E-state index is 13.3. The van der Waals surface area contributed by atoms with Gasteiger partial charge in [0.2, 0.25) is 5.91 Å². The van der Waals surface area contributed by atoms with Crippen molar-refractivity contribution < 1.29 is 9.59 Å². The molecule has 4 N–H and O–H groups in total. The first-order chi connectivity index (χ1) is 15.9. The van der Waals surface area contributed by atoms with Gasteiger partial charge < -0.3 is 10.2 Å². The van der Waals surface area contributed by atoms with Crippen molar-refractivity contribution >= 4 is 29.3 Å². The maximum Gasteiger partial charge on any atom is 0.251 e. The van der Waals surface area contributed by atoms with Gasteiger partial charge in [-0.15, -0.1) is 10.6 Å². The summed E-state index contributed by atoms with van der Waals surface area (Å²) in [6.07, 6.45) is 1.79. The van der Waals surface area contributed by atoms with Gasteiger partial charge in [0.25, 0.3) is 5.91 Å². The van der Waals surface area contributed by atoms with Gasteiger partial charge >= 0.3 is 0 Å². The standard InChI is InChI=1S/C24H29ClN6O2/c1-15(2)21(26-23(32)19-5-3-4-18(14-19)22-27-29-30-28-22)24(33)31-12-10-17(11-13-31)16-6-8-20(25)9-7-16/h3-9,14-15,17,21,29-30H,10-13H2,1-2H3,(H,26,32)(H,27,28)/t21-/m1/s1. The number of rotatable bonds is 6. The zero-order chi connectivity index (χ0) is 23.4. The molecule has 33 heavy (non-hydrogen) atoms. The molecule has 0 saturated carbocycles. The lowest BCUT2D eigenvalue weighted by molar-refractivity contribution is -0.135. The first kappa shape index (κ1) is 23.1.